The van der Waals surface area contributed by atoms with E-state index in [0.717, 1.165) is 17.9 Å². The zero-order chi connectivity index (χ0) is 13.8. The first kappa shape index (κ1) is 13.6. The Balaban J connectivity index is 2.30. The third-order valence-corrected chi connectivity index (χ3v) is 3.53. The van der Waals surface area contributed by atoms with Gasteiger partial charge < -0.3 is 10.1 Å². The van der Waals surface area contributed by atoms with Crippen LogP contribution in [0.3, 0.4) is 0 Å². The molecule has 4 nitrogen and oxygen atoms in total. The minimum absolute atomic E-state index is 0.184. The SMILES string of the molecule is CNC(Cc1ccccc1C)c1c(OC)cnn1C. The van der Waals surface area contributed by atoms with E-state index in [2.05, 4.69) is 41.6 Å². The van der Waals surface area contributed by atoms with Crippen LogP contribution in [0.25, 0.3) is 0 Å². The highest BCUT2D eigenvalue weighted by Gasteiger charge is 2.20. The Labute approximate surface area is 114 Å². The maximum absolute atomic E-state index is 5.39. The van der Waals surface area contributed by atoms with Gasteiger partial charge in [-0.05, 0) is 31.5 Å². The van der Waals surface area contributed by atoms with Gasteiger partial charge in [0.25, 0.3) is 0 Å². The highest BCUT2D eigenvalue weighted by Crippen LogP contribution is 2.27. The Kier molecular flexibility index (Phi) is 4.22. The number of nitrogens with one attached hydrogen (secondary N) is 1. The van der Waals surface area contributed by atoms with E-state index < -0.39 is 0 Å². The normalized spacial score (nSPS) is 12.4. The molecule has 0 aliphatic heterocycles. The molecule has 0 radical (unpaired) electrons. The van der Waals surface area contributed by atoms with Crippen molar-refractivity contribution < 1.29 is 4.74 Å². The Hall–Kier alpha value is -1.81. The minimum Gasteiger partial charge on any atom is -0.493 e. The first-order valence-corrected chi connectivity index (χ1v) is 6.45. The number of methoxy groups -OCH3 is 1. The summed E-state index contributed by atoms with van der Waals surface area (Å²) in [5, 5.41) is 7.63. The van der Waals surface area contributed by atoms with Gasteiger partial charge >= 0.3 is 0 Å². The van der Waals surface area contributed by atoms with Crippen molar-refractivity contribution >= 4 is 0 Å². The lowest BCUT2D eigenvalue weighted by atomic mass is 9.99. The molecule has 1 atom stereocenters. The van der Waals surface area contributed by atoms with Crippen LogP contribution in [0.5, 0.6) is 5.75 Å². The number of rotatable bonds is 5. The topological polar surface area (TPSA) is 39.1 Å². The van der Waals surface area contributed by atoms with Crippen LogP contribution in [-0.4, -0.2) is 23.9 Å². The molecule has 1 heterocycles. The molecule has 1 aromatic heterocycles. The predicted molar refractivity (Wildman–Crippen MR) is 76.4 cm³/mol. The van der Waals surface area contributed by atoms with E-state index in [9.17, 15) is 0 Å². The van der Waals surface area contributed by atoms with Gasteiger partial charge in [-0.15, -0.1) is 0 Å². The molecule has 2 rings (SSSR count). The molecule has 4 heteroatoms. The maximum atomic E-state index is 5.39. The molecule has 0 amide bonds. The smallest absolute Gasteiger partial charge is 0.161 e. The lowest BCUT2D eigenvalue weighted by molar-refractivity contribution is 0.397. The molecule has 0 saturated heterocycles. The minimum atomic E-state index is 0.184. The summed E-state index contributed by atoms with van der Waals surface area (Å²) in [7, 11) is 5.59. The molecule has 0 fully saturated rings. The van der Waals surface area contributed by atoms with Gasteiger partial charge in [-0.2, -0.15) is 5.10 Å². The standard InChI is InChI=1S/C15H21N3O/c1-11-7-5-6-8-12(11)9-13(16-2)15-14(19-4)10-17-18(15)3/h5-8,10,13,16H,9H2,1-4H3. The summed E-state index contributed by atoms with van der Waals surface area (Å²) in [5.41, 5.74) is 3.72. The first-order valence-electron chi connectivity index (χ1n) is 6.45. The molecule has 1 unspecified atom stereocenters. The lowest BCUT2D eigenvalue weighted by Crippen LogP contribution is -2.22. The number of aryl methyl sites for hydroxylation is 2. The number of benzene rings is 1. The third kappa shape index (κ3) is 2.79. The first-order chi connectivity index (χ1) is 9.17. The van der Waals surface area contributed by atoms with Crippen LogP contribution in [-0.2, 0) is 13.5 Å². The van der Waals surface area contributed by atoms with E-state index in [1.165, 1.54) is 11.1 Å². The van der Waals surface area contributed by atoms with E-state index in [1.807, 2.05) is 18.8 Å². The Morgan fingerprint density at radius 3 is 2.74 bits per heavy atom. The Morgan fingerprint density at radius 2 is 2.11 bits per heavy atom. The number of ether oxygens (including phenoxy) is 1. The summed E-state index contributed by atoms with van der Waals surface area (Å²) < 4.78 is 7.27. The van der Waals surface area contributed by atoms with Crippen molar-refractivity contribution in [2.24, 2.45) is 7.05 Å². The Morgan fingerprint density at radius 1 is 1.37 bits per heavy atom. The second-order valence-corrected chi connectivity index (χ2v) is 4.69. The van der Waals surface area contributed by atoms with Gasteiger partial charge in [0, 0.05) is 7.05 Å². The van der Waals surface area contributed by atoms with Crippen LogP contribution in [0.2, 0.25) is 0 Å². The number of hydrogen-bond donors (Lipinski definition) is 1. The zero-order valence-electron chi connectivity index (χ0n) is 12.0. The predicted octanol–water partition coefficient (Wildman–Crippen LogP) is 2.24. The molecule has 0 saturated carbocycles. The molecule has 1 N–H and O–H groups in total. The van der Waals surface area contributed by atoms with Gasteiger partial charge in [0.1, 0.15) is 0 Å². The fourth-order valence-corrected chi connectivity index (χ4v) is 2.38. The molecule has 2 aromatic rings. The Bertz CT molecular complexity index is 548. The van der Waals surface area contributed by atoms with Crippen molar-refractivity contribution in [1.82, 2.24) is 15.1 Å². The summed E-state index contributed by atoms with van der Waals surface area (Å²) in [4.78, 5) is 0. The molecule has 19 heavy (non-hydrogen) atoms. The number of nitrogens with zero attached hydrogens (tertiary/aromatic N) is 2. The van der Waals surface area contributed by atoms with Crippen LogP contribution in [0.15, 0.2) is 30.5 Å². The third-order valence-electron chi connectivity index (χ3n) is 3.53. The van der Waals surface area contributed by atoms with Gasteiger partial charge in [0.2, 0.25) is 0 Å². The van der Waals surface area contributed by atoms with Crippen molar-refractivity contribution in [3.8, 4) is 5.75 Å². The van der Waals surface area contributed by atoms with Gasteiger partial charge in [-0.1, -0.05) is 24.3 Å². The van der Waals surface area contributed by atoms with Crippen molar-refractivity contribution in [3.63, 3.8) is 0 Å². The number of aromatic nitrogens is 2. The molecule has 0 bridgehead atoms. The molecule has 0 aliphatic rings. The van der Waals surface area contributed by atoms with Crippen LogP contribution in [0.1, 0.15) is 22.9 Å². The summed E-state index contributed by atoms with van der Waals surface area (Å²) >= 11 is 0. The fourth-order valence-electron chi connectivity index (χ4n) is 2.38. The fraction of sp³-hybridized carbons (Fsp3) is 0.400. The van der Waals surface area contributed by atoms with Gasteiger partial charge in [0.05, 0.1) is 25.0 Å². The summed E-state index contributed by atoms with van der Waals surface area (Å²) in [6.07, 6.45) is 2.68. The van der Waals surface area contributed by atoms with Gasteiger partial charge in [0.15, 0.2) is 5.75 Å². The second-order valence-electron chi connectivity index (χ2n) is 4.69. The van der Waals surface area contributed by atoms with Gasteiger partial charge in [-0.3, -0.25) is 4.68 Å². The molecule has 0 spiro atoms. The van der Waals surface area contributed by atoms with Crippen molar-refractivity contribution in [2.75, 3.05) is 14.2 Å². The number of hydrogen-bond acceptors (Lipinski definition) is 3. The summed E-state index contributed by atoms with van der Waals surface area (Å²) in [6, 6.07) is 8.64. The van der Waals surface area contributed by atoms with Crippen LogP contribution in [0.4, 0.5) is 0 Å². The van der Waals surface area contributed by atoms with E-state index >= 15 is 0 Å². The monoisotopic (exact) mass is 259 g/mol. The molecular weight excluding hydrogens is 238 g/mol. The largest absolute Gasteiger partial charge is 0.493 e. The second kappa shape index (κ2) is 5.89. The van der Waals surface area contributed by atoms with E-state index in [0.29, 0.717) is 0 Å². The van der Waals surface area contributed by atoms with Crippen LogP contribution < -0.4 is 10.1 Å². The molecule has 102 valence electrons. The van der Waals surface area contributed by atoms with Crippen LogP contribution >= 0.6 is 0 Å². The molecule has 0 aliphatic carbocycles. The maximum Gasteiger partial charge on any atom is 0.161 e. The quantitative estimate of drug-likeness (QED) is 0.895. The average Bonchev–Trinajstić information content (AvgIpc) is 2.79. The average molecular weight is 259 g/mol. The summed E-state index contributed by atoms with van der Waals surface area (Å²) in [6.45, 7) is 2.14. The van der Waals surface area contributed by atoms with Crippen molar-refractivity contribution in [3.05, 3.63) is 47.3 Å². The highest BCUT2D eigenvalue weighted by molar-refractivity contribution is 5.32. The van der Waals surface area contributed by atoms with Crippen molar-refractivity contribution in [2.45, 2.75) is 19.4 Å². The highest BCUT2D eigenvalue weighted by atomic mass is 16.5. The number of likely N-dealkylation sites (N-methyl/N-ethyl adjacent to an activating group) is 1. The lowest BCUT2D eigenvalue weighted by Gasteiger charge is -2.19. The molecule has 1 aromatic carbocycles. The van der Waals surface area contributed by atoms with E-state index in [-0.39, 0.29) is 6.04 Å². The molecular formula is C15H21N3O. The van der Waals surface area contributed by atoms with E-state index in [4.69, 9.17) is 4.74 Å². The van der Waals surface area contributed by atoms with Crippen LogP contribution in [0, 0.1) is 6.92 Å². The summed E-state index contributed by atoms with van der Waals surface area (Å²) in [5.74, 6) is 0.829. The van der Waals surface area contributed by atoms with Crippen molar-refractivity contribution in [1.29, 1.82) is 0 Å². The zero-order valence-corrected chi connectivity index (χ0v) is 12.0. The van der Waals surface area contributed by atoms with Gasteiger partial charge in [-0.25, -0.2) is 0 Å². The van der Waals surface area contributed by atoms with E-state index in [1.54, 1.807) is 13.3 Å².